The van der Waals surface area contributed by atoms with Crippen molar-refractivity contribution < 1.29 is 18.0 Å². The average Bonchev–Trinajstić information content (AvgIpc) is 2.85. The minimum Gasteiger partial charge on any atom is -0.298 e. The highest BCUT2D eigenvalue weighted by atomic mass is 32.2. The summed E-state index contributed by atoms with van der Waals surface area (Å²) in [6, 6.07) is 0.285. The summed E-state index contributed by atoms with van der Waals surface area (Å²) in [5.41, 5.74) is 0. The van der Waals surface area contributed by atoms with Gasteiger partial charge < -0.3 is 0 Å². The van der Waals surface area contributed by atoms with E-state index in [4.69, 9.17) is 5.26 Å². The predicted octanol–water partition coefficient (Wildman–Crippen LogP) is -2.27. The Hall–Kier alpha value is -1.66. The van der Waals surface area contributed by atoms with Gasteiger partial charge in [0.25, 0.3) is 10.9 Å². The lowest BCUT2D eigenvalue weighted by atomic mass is 10.4. The zero-order valence-corrected chi connectivity index (χ0v) is 9.04. The fourth-order valence-corrected chi connectivity index (χ4v) is 3.00. The molecule has 86 valence electrons. The molecule has 2 aliphatic heterocycles. The van der Waals surface area contributed by atoms with Crippen molar-refractivity contribution >= 4 is 21.8 Å². The Kier molecular flexibility index (Phi) is 1.98. The molecule has 8 nitrogen and oxygen atoms in total. The number of urea groups is 1. The van der Waals surface area contributed by atoms with E-state index >= 15 is 0 Å². The standard InChI is InChI=1S/C7H8N4O4S/c1-16(14,15)7(11-3-4(11)2-8)5(12)9-6(13)10-7/h4H,3H2,1H3,(H2,9,10,12,13). The van der Waals surface area contributed by atoms with E-state index in [2.05, 4.69) is 5.32 Å². The van der Waals surface area contributed by atoms with Crippen LogP contribution in [0.2, 0.25) is 0 Å². The van der Waals surface area contributed by atoms with Crippen LogP contribution in [-0.2, 0) is 14.6 Å². The Bertz CT molecular complexity index is 521. The molecule has 2 heterocycles. The maximum Gasteiger partial charge on any atom is 0.324 e. The van der Waals surface area contributed by atoms with Crippen LogP contribution in [0.3, 0.4) is 0 Å². The highest BCUT2D eigenvalue weighted by molar-refractivity contribution is 7.92. The zero-order chi connectivity index (χ0) is 12.1. The number of nitrogens with one attached hydrogen (secondary N) is 2. The van der Waals surface area contributed by atoms with Crippen LogP contribution in [0.1, 0.15) is 0 Å². The molecule has 0 aromatic carbocycles. The summed E-state index contributed by atoms with van der Waals surface area (Å²) >= 11 is 0. The predicted molar refractivity (Wildman–Crippen MR) is 50.4 cm³/mol. The number of nitrogens with zero attached hydrogens (tertiary/aromatic N) is 2. The first-order chi connectivity index (χ1) is 7.33. The van der Waals surface area contributed by atoms with Gasteiger partial charge in [0.2, 0.25) is 0 Å². The Morgan fingerprint density at radius 1 is 1.56 bits per heavy atom. The van der Waals surface area contributed by atoms with Crippen molar-refractivity contribution in [3.8, 4) is 6.07 Å². The van der Waals surface area contributed by atoms with Crippen molar-refractivity contribution in [3.05, 3.63) is 0 Å². The van der Waals surface area contributed by atoms with Crippen molar-refractivity contribution in [1.29, 1.82) is 5.26 Å². The van der Waals surface area contributed by atoms with Gasteiger partial charge in [-0.15, -0.1) is 0 Å². The van der Waals surface area contributed by atoms with E-state index in [0.717, 1.165) is 11.2 Å². The molecule has 2 fully saturated rings. The van der Waals surface area contributed by atoms with Gasteiger partial charge in [0, 0.05) is 12.8 Å². The third-order valence-electron chi connectivity index (χ3n) is 2.52. The molecule has 2 aliphatic rings. The van der Waals surface area contributed by atoms with Crippen molar-refractivity contribution in [3.63, 3.8) is 0 Å². The second-order valence-corrected chi connectivity index (χ2v) is 5.76. The van der Waals surface area contributed by atoms with Crippen LogP contribution < -0.4 is 10.6 Å². The van der Waals surface area contributed by atoms with Gasteiger partial charge in [-0.05, 0) is 0 Å². The maximum absolute atomic E-state index is 11.6. The van der Waals surface area contributed by atoms with Gasteiger partial charge in [-0.2, -0.15) is 5.26 Å². The van der Waals surface area contributed by atoms with E-state index in [-0.39, 0.29) is 6.54 Å². The van der Waals surface area contributed by atoms with Gasteiger partial charge in [-0.25, -0.2) is 18.1 Å². The lowest BCUT2D eigenvalue weighted by molar-refractivity contribution is -0.123. The molecule has 0 spiro atoms. The highest BCUT2D eigenvalue weighted by Gasteiger charge is 2.66. The smallest absolute Gasteiger partial charge is 0.298 e. The molecule has 0 aliphatic carbocycles. The summed E-state index contributed by atoms with van der Waals surface area (Å²) in [5.74, 6) is -0.960. The number of rotatable bonds is 2. The van der Waals surface area contributed by atoms with Crippen LogP contribution in [0.5, 0.6) is 0 Å². The average molecular weight is 244 g/mol. The van der Waals surface area contributed by atoms with E-state index in [9.17, 15) is 18.0 Å². The first-order valence-corrected chi connectivity index (χ1v) is 6.21. The Morgan fingerprint density at radius 2 is 2.19 bits per heavy atom. The van der Waals surface area contributed by atoms with E-state index < -0.39 is 32.8 Å². The minimum absolute atomic E-state index is 0.136. The summed E-state index contributed by atoms with van der Waals surface area (Å²) < 4.78 is 23.3. The quantitative estimate of drug-likeness (QED) is 0.417. The Labute approximate surface area is 91.1 Å². The van der Waals surface area contributed by atoms with Crippen molar-refractivity contribution in [2.45, 2.75) is 11.0 Å². The Balaban J connectivity index is 2.49. The van der Waals surface area contributed by atoms with Gasteiger partial charge in [0.05, 0.1) is 6.07 Å². The van der Waals surface area contributed by atoms with Crippen LogP contribution in [0.25, 0.3) is 0 Å². The lowest BCUT2D eigenvalue weighted by Gasteiger charge is -2.24. The van der Waals surface area contributed by atoms with Crippen molar-refractivity contribution in [2.24, 2.45) is 0 Å². The molecular weight excluding hydrogens is 236 g/mol. The van der Waals surface area contributed by atoms with Gasteiger partial charge in [-0.3, -0.25) is 15.4 Å². The molecule has 0 saturated carbocycles. The number of amides is 3. The molecule has 0 aromatic heterocycles. The van der Waals surface area contributed by atoms with E-state index in [0.29, 0.717) is 0 Å². The van der Waals surface area contributed by atoms with Gasteiger partial charge in [0.1, 0.15) is 6.04 Å². The number of sulfone groups is 1. The van der Waals surface area contributed by atoms with Crippen LogP contribution in [-0.4, -0.2) is 49.1 Å². The normalized spacial score (nSPS) is 37.5. The van der Waals surface area contributed by atoms with Crippen molar-refractivity contribution in [2.75, 3.05) is 12.8 Å². The monoisotopic (exact) mass is 244 g/mol. The molecule has 9 heteroatoms. The molecule has 0 radical (unpaired) electrons. The number of hydrogen-bond donors (Lipinski definition) is 2. The molecule has 0 aromatic rings. The largest absolute Gasteiger partial charge is 0.324 e. The molecule has 3 unspecified atom stereocenters. The van der Waals surface area contributed by atoms with E-state index in [1.807, 2.05) is 11.4 Å². The third-order valence-corrected chi connectivity index (χ3v) is 4.12. The summed E-state index contributed by atoms with van der Waals surface area (Å²) in [7, 11) is -3.90. The molecule has 2 N–H and O–H groups in total. The number of carbonyl (C=O) groups is 2. The number of carbonyl (C=O) groups excluding carboxylic acids is 2. The second kappa shape index (κ2) is 2.93. The van der Waals surface area contributed by atoms with Crippen LogP contribution in [0.15, 0.2) is 0 Å². The van der Waals surface area contributed by atoms with Crippen molar-refractivity contribution in [1.82, 2.24) is 15.5 Å². The summed E-state index contributed by atoms with van der Waals surface area (Å²) in [5, 5.41) is 12.6. The summed E-state index contributed by atoms with van der Waals surface area (Å²) in [6.07, 6.45) is 0.838. The molecule has 3 amide bonds. The van der Waals surface area contributed by atoms with E-state index in [1.54, 1.807) is 0 Å². The molecule has 2 rings (SSSR count). The number of nitriles is 1. The SMILES string of the molecule is CS(=O)(=O)C1(N2CC2C#N)NC(=O)NC1=O. The Morgan fingerprint density at radius 3 is 2.50 bits per heavy atom. The van der Waals surface area contributed by atoms with Crippen LogP contribution in [0.4, 0.5) is 4.79 Å². The molecule has 16 heavy (non-hydrogen) atoms. The first kappa shape index (κ1) is 10.8. The summed E-state index contributed by atoms with van der Waals surface area (Å²) in [6.45, 7) is 0.136. The molecule has 0 bridgehead atoms. The van der Waals surface area contributed by atoms with Crippen LogP contribution in [0, 0.1) is 11.3 Å². The summed E-state index contributed by atoms with van der Waals surface area (Å²) in [4.78, 5) is 21.6. The molecular formula is C7H8N4O4S. The topological polar surface area (TPSA) is 119 Å². The van der Waals surface area contributed by atoms with Gasteiger partial charge >= 0.3 is 6.03 Å². The van der Waals surface area contributed by atoms with Crippen LogP contribution >= 0.6 is 0 Å². The zero-order valence-electron chi connectivity index (χ0n) is 8.22. The molecule has 3 atom stereocenters. The highest BCUT2D eigenvalue weighted by Crippen LogP contribution is 2.33. The second-order valence-electron chi connectivity index (χ2n) is 3.62. The van der Waals surface area contributed by atoms with E-state index in [1.165, 1.54) is 0 Å². The lowest BCUT2D eigenvalue weighted by Crippen LogP contribution is -2.59. The number of hydrogen-bond acceptors (Lipinski definition) is 6. The first-order valence-electron chi connectivity index (χ1n) is 4.32. The van der Waals surface area contributed by atoms with Gasteiger partial charge in [-0.1, -0.05) is 0 Å². The molecule has 2 saturated heterocycles. The fraction of sp³-hybridized carbons (Fsp3) is 0.571. The fourth-order valence-electron chi connectivity index (χ4n) is 1.70. The third kappa shape index (κ3) is 1.20. The van der Waals surface area contributed by atoms with Gasteiger partial charge in [0.15, 0.2) is 9.84 Å². The number of imide groups is 1. The maximum atomic E-state index is 11.6. The minimum atomic E-state index is -3.90.